The van der Waals surface area contributed by atoms with Gasteiger partial charge in [0, 0.05) is 24.2 Å². The number of hydrogen-bond acceptors (Lipinski definition) is 4. The van der Waals surface area contributed by atoms with Gasteiger partial charge in [-0.1, -0.05) is 30.3 Å². The first kappa shape index (κ1) is 20.1. The molecule has 7 heteroatoms. The number of benzene rings is 1. The molecule has 2 N–H and O–H groups in total. The topological polar surface area (TPSA) is 94.7 Å². The van der Waals surface area contributed by atoms with E-state index in [-0.39, 0.29) is 23.9 Å². The van der Waals surface area contributed by atoms with Gasteiger partial charge in [-0.15, -0.1) is 0 Å². The van der Waals surface area contributed by atoms with Crippen molar-refractivity contribution in [3.8, 4) is 11.3 Å². The van der Waals surface area contributed by atoms with Crippen LogP contribution in [0.15, 0.2) is 41.3 Å². The normalized spacial score (nSPS) is 16.6. The summed E-state index contributed by atoms with van der Waals surface area (Å²) < 4.78 is 0. The van der Waals surface area contributed by atoms with Gasteiger partial charge >= 0.3 is 0 Å². The lowest BCUT2D eigenvalue weighted by atomic mass is 10.00. The molecule has 2 aromatic heterocycles. The van der Waals surface area contributed by atoms with Crippen LogP contribution in [-0.4, -0.2) is 37.3 Å². The van der Waals surface area contributed by atoms with Crippen LogP contribution in [0, 0.1) is 13.8 Å². The molecule has 0 bridgehead atoms. The van der Waals surface area contributed by atoms with Crippen LogP contribution in [0.2, 0.25) is 0 Å². The molecular formula is C23H27N5O2. The van der Waals surface area contributed by atoms with Crippen LogP contribution in [0.1, 0.15) is 54.6 Å². The third-order valence-corrected chi connectivity index (χ3v) is 5.75. The zero-order valence-corrected chi connectivity index (χ0v) is 17.4. The number of rotatable bonds is 5. The Kier molecular flexibility index (Phi) is 5.79. The molecule has 30 heavy (non-hydrogen) atoms. The van der Waals surface area contributed by atoms with Gasteiger partial charge in [0.05, 0.1) is 17.9 Å². The second kappa shape index (κ2) is 8.65. The number of piperidine rings is 1. The molecule has 1 saturated heterocycles. The van der Waals surface area contributed by atoms with E-state index in [4.69, 9.17) is 0 Å². The Morgan fingerprint density at radius 2 is 1.97 bits per heavy atom. The minimum atomic E-state index is -0.151. The van der Waals surface area contributed by atoms with Crippen molar-refractivity contribution in [3.05, 3.63) is 69.8 Å². The van der Waals surface area contributed by atoms with E-state index in [0.717, 1.165) is 36.3 Å². The maximum absolute atomic E-state index is 13.1. The van der Waals surface area contributed by atoms with Crippen LogP contribution in [0.3, 0.4) is 0 Å². The Morgan fingerprint density at radius 1 is 1.17 bits per heavy atom. The summed E-state index contributed by atoms with van der Waals surface area (Å²) in [4.78, 5) is 42.3. The largest absolute Gasteiger partial charge is 0.340 e. The molecule has 3 heterocycles. The van der Waals surface area contributed by atoms with Crippen molar-refractivity contribution >= 4 is 5.91 Å². The molecular weight excluding hydrogens is 378 g/mol. The molecule has 4 rings (SSSR count). The summed E-state index contributed by atoms with van der Waals surface area (Å²) in [6, 6.07) is 10.00. The molecule has 1 amide bonds. The maximum Gasteiger partial charge on any atom is 0.254 e. The van der Waals surface area contributed by atoms with E-state index in [1.165, 1.54) is 0 Å². The van der Waals surface area contributed by atoms with E-state index in [1.54, 1.807) is 6.92 Å². The summed E-state index contributed by atoms with van der Waals surface area (Å²) in [5.41, 5.74) is 3.16. The smallest absolute Gasteiger partial charge is 0.254 e. The molecule has 0 spiro atoms. The maximum atomic E-state index is 13.1. The number of aryl methyl sites for hydroxylation is 2. The van der Waals surface area contributed by atoms with Crippen LogP contribution in [-0.2, 0) is 11.2 Å². The van der Waals surface area contributed by atoms with Gasteiger partial charge in [0.25, 0.3) is 5.56 Å². The third-order valence-electron chi connectivity index (χ3n) is 5.75. The third kappa shape index (κ3) is 4.20. The average molecular weight is 406 g/mol. The lowest BCUT2D eigenvalue weighted by Gasteiger charge is -2.34. The van der Waals surface area contributed by atoms with Gasteiger partial charge in [-0.2, -0.15) is 0 Å². The number of carbonyl (C=O) groups is 1. The highest BCUT2D eigenvalue weighted by molar-refractivity contribution is 5.77. The minimum absolute atomic E-state index is 0.0525. The highest BCUT2D eigenvalue weighted by atomic mass is 16.2. The van der Waals surface area contributed by atoms with Gasteiger partial charge < -0.3 is 14.9 Å². The molecule has 156 valence electrons. The monoisotopic (exact) mass is 405 g/mol. The molecule has 1 atom stereocenters. The molecule has 1 aromatic carbocycles. The Labute approximate surface area is 175 Å². The molecule has 1 aliphatic heterocycles. The van der Waals surface area contributed by atoms with E-state index in [0.29, 0.717) is 30.0 Å². The zero-order chi connectivity index (χ0) is 21.1. The molecule has 1 aliphatic rings. The summed E-state index contributed by atoms with van der Waals surface area (Å²) >= 11 is 0. The molecule has 1 unspecified atom stereocenters. The number of carbonyl (C=O) groups excluding carboxylic acids is 1. The van der Waals surface area contributed by atoms with Crippen molar-refractivity contribution in [2.45, 2.75) is 52.0 Å². The summed E-state index contributed by atoms with van der Waals surface area (Å²) in [7, 11) is 0. The van der Waals surface area contributed by atoms with Crippen LogP contribution in [0.5, 0.6) is 0 Å². The lowest BCUT2D eigenvalue weighted by molar-refractivity contribution is -0.135. The van der Waals surface area contributed by atoms with Crippen LogP contribution in [0.4, 0.5) is 0 Å². The first-order valence-electron chi connectivity index (χ1n) is 10.5. The van der Waals surface area contributed by atoms with E-state index < -0.39 is 0 Å². The van der Waals surface area contributed by atoms with Crippen molar-refractivity contribution in [3.63, 3.8) is 0 Å². The number of H-pyrrole nitrogens is 2. The highest BCUT2D eigenvalue weighted by Crippen LogP contribution is 2.31. The fourth-order valence-electron chi connectivity index (χ4n) is 4.21. The van der Waals surface area contributed by atoms with Gasteiger partial charge in [0.2, 0.25) is 5.91 Å². The lowest BCUT2D eigenvalue weighted by Crippen LogP contribution is -2.39. The summed E-state index contributed by atoms with van der Waals surface area (Å²) in [6.45, 7) is 4.29. The van der Waals surface area contributed by atoms with Gasteiger partial charge in [0.15, 0.2) is 0 Å². The van der Waals surface area contributed by atoms with Crippen LogP contribution in [0.25, 0.3) is 11.3 Å². The van der Waals surface area contributed by atoms with Gasteiger partial charge in [0.1, 0.15) is 11.6 Å². The fraction of sp³-hybridized carbons (Fsp3) is 0.391. The van der Waals surface area contributed by atoms with Crippen LogP contribution >= 0.6 is 0 Å². The molecule has 7 nitrogen and oxygen atoms in total. The van der Waals surface area contributed by atoms with Crippen molar-refractivity contribution in [2.75, 3.05) is 6.54 Å². The predicted octanol–water partition coefficient (Wildman–Crippen LogP) is 3.46. The Balaban J connectivity index is 1.49. The first-order chi connectivity index (χ1) is 14.5. The number of nitrogens with one attached hydrogen (secondary N) is 2. The van der Waals surface area contributed by atoms with Crippen LogP contribution < -0.4 is 5.56 Å². The van der Waals surface area contributed by atoms with E-state index in [9.17, 15) is 9.59 Å². The molecule has 3 aromatic rings. The Hall–Kier alpha value is -3.22. The average Bonchev–Trinajstić information content (AvgIpc) is 3.23. The number of nitrogens with zero attached hydrogens (tertiary/aromatic N) is 3. The molecule has 1 fully saturated rings. The highest BCUT2D eigenvalue weighted by Gasteiger charge is 2.30. The quantitative estimate of drug-likeness (QED) is 0.680. The van der Waals surface area contributed by atoms with E-state index in [2.05, 4.69) is 19.9 Å². The summed E-state index contributed by atoms with van der Waals surface area (Å²) in [5.74, 6) is 1.47. The van der Waals surface area contributed by atoms with Crippen molar-refractivity contribution in [1.29, 1.82) is 0 Å². The van der Waals surface area contributed by atoms with Crippen molar-refractivity contribution < 1.29 is 4.79 Å². The van der Waals surface area contributed by atoms with Gasteiger partial charge in [-0.05, 0) is 45.1 Å². The number of likely N-dealkylation sites (tertiary alicyclic amines) is 1. The standard InChI is InChI=1S/C23H27N5O2/c1-15-18(23(30)26-16(2)25-15)11-12-21(29)28-13-7-6-10-20(28)22-24-14-19(27-22)17-8-4-3-5-9-17/h3-5,8-9,14,20H,6-7,10-13H2,1-2H3,(H,24,27)(H,25,26,30). The van der Waals surface area contributed by atoms with E-state index >= 15 is 0 Å². The second-order valence-corrected chi connectivity index (χ2v) is 7.86. The fourth-order valence-corrected chi connectivity index (χ4v) is 4.21. The van der Waals surface area contributed by atoms with E-state index in [1.807, 2.05) is 48.4 Å². The summed E-state index contributed by atoms with van der Waals surface area (Å²) in [6.07, 6.45) is 5.46. The summed E-state index contributed by atoms with van der Waals surface area (Å²) in [5, 5.41) is 0. The number of aromatic amines is 2. The van der Waals surface area contributed by atoms with Gasteiger partial charge in [-0.25, -0.2) is 9.97 Å². The Bertz CT molecular complexity index is 1090. The second-order valence-electron chi connectivity index (χ2n) is 7.86. The Morgan fingerprint density at radius 3 is 2.73 bits per heavy atom. The minimum Gasteiger partial charge on any atom is -0.340 e. The number of imidazole rings is 1. The predicted molar refractivity (Wildman–Crippen MR) is 115 cm³/mol. The molecule has 0 radical (unpaired) electrons. The van der Waals surface area contributed by atoms with Crippen molar-refractivity contribution in [1.82, 2.24) is 24.8 Å². The van der Waals surface area contributed by atoms with Crippen molar-refractivity contribution in [2.24, 2.45) is 0 Å². The first-order valence-corrected chi connectivity index (χ1v) is 10.5. The van der Waals surface area contributed by atoms with Gasteiger partial charge in [-0.3, -0.25) is 9.59 Å². The SMILES string of the molecule is Cc1nc(C)c(CCC(=O)N2CCCCC2c2ncc(-c3ccccc3)[nH]2)c(=O)[nH]1. The molecule has 0 saturated carbocycles. The number of amides is 1. The zero-order valence-electron chi connectivity index (χ0n) is 17.4. The number of aromatic nitrogens is 4. The number of hydrogen-bond donors (Lipinski definition) is 2. The molecule has 0 aliphatic carbocycles.